The van der Waals surface area contributed by atoms with Crippen LogP contribution in [0.1, 0.15) is 38.8 Å². The molecule has 0 atom stereocenters. The molecule has 1 aromatic heterocycles. The molecule has 0 unspecified atom stereocenters. The van der Waals surface area contributed by atoms with Gasteiger partial charge in [0.2, 0.25) is 5.91 Å². The van der Waals surface area contributed by atoms with Gasteiger partial charge in [-0.05, 0) is 42.3 Å². The number of nitrogens with zero attached hydrogens (tertiary/aromatic N) is 1. The molecule has 0 fully saturated rings. The van der Waals surface area contributed by atoms with Gasteiger partial charge in [-0.25, -0.2) is 0 Å². The molecule has 0 radical (unpaired) electrons. The fraction of sp³-hybridized carbons (Fsp3) is 0.136. The minimum absolute atomic E-state index is 0.205. The Balaban J connectivity index is 1.75. The van der Waals surface area contributed by atoms with E-state index in [2.05, 4.69) is 16.7 Å². The largest absolute Gasteiger partial charge is 0.397 e. The topological polar surface area (TPSA) is 108 Å². The van der Waals surface area contributed by atoms with Crippen molar-refractivity contribution in [2.75, 3.05) is 16.4 Å². The minimum atomic E-state index is -0.235. The van der Waals surface area contributed by atoms with Crippen molar-refractivity contribution >= 4 is 39.5 Å². The Kier molecular flexibility index (Phi) is 5.96. The molecular formula is C22H20N4O2S. The van der Waals surface area contributed by atoms with Crippen LogP contribution in [0.4, 0.5) is 16.4 Å². The van der Waals surface area contributed by atoms with E-state index in [0.29, 0.717) is 33.9 Å². The Labute approximate surface area is 173 Å². The van der Waals surface area contributed by atoms with Crippen LogP contribution in [0, 0.1) is 18.3 Å². The molecule has 2 aromatic carbocycles. The summed E-state index contributed by atoms with van der Waals surface area (Å²) >= 11 is 1.40. The number of amides is 2. The van der Waals surface area contributed by atoms with Crippen LogP contribution in [0.5, 0.6) is 0 Å². The van der Waals surface area contributed by atoms with Gasteiger partial charge in [0.15, 0.2) is 0 Å². The zero-order valence-corrected chi connectivity index (χ0v) is 16.9. The molecule has 2 amide bonds. The highest BCUT2D eigenvalue weighted by atomic mass is 32.1. The van der Waals surface area contributed by atoms with Gasteiger partial charge in [-0.15, -0.1) is 11.3 Å². The van der Waals surface area contributed by atoms with E-state index in [1.165, 1.54) is 18.3 Å². The lowest BCUT2D eigenvalue weighted by Gasteiger charge is -2.08. The monoisotopic (exact) mass is 404 g/mol. The van der Waals surface area contributed by atoms with Gasteiger partial charge < -0.3 is 16.4 Å². The van der Waals surface area contributed by atoms with Gasteiger partial charge in [-0.3, -0.25) is 9.59 Å². The number of thiophene rings is 1. The predicted molar refractivity (Wildman–Crippen MR) is 116 cm³/mol. The average molecular weight is 404 g/mol. The maximum absolute atomic E-state index is 12.4. The second kappa shape index (κ2) is 8.59. The van der Waals surface area contributed by atoms with E-state index in [4.69, 9.17) is 5.73 Å². The average Bonchev–Trinajstić information content (AvgIpc) is 2.97. The van der Waals surface area contributed by atoms with E-state index < -0.39 is 0 Å². The molecule has 4 N–H and O–H groups in total. The number of para-hydroxylation sites is 2. The van der Waals surface area contributed by atoms with Crippen LogP contribution in [0.25, 0.3) is 0 Å². The first-order valence-corrected chi connectivity index (χ1v) is 9.75. The molecule has 0 saturated heterocycles. The molecule has 1 heterocycles. The maximum atomic E-state index is 12.4. The van der Waals surface area contributed by atoms with Gasteiger partial charge in [-0.2, -0.15) is 5.26 Å². The van der Waals surface area contributed by atoms with Gasteiger partial charge in [0, 0.05) is 23.8 Å². The molecule has 6 nitrogen and oxygen atoms in total. The van der Waals surface area contributed by atoms with Crippen molar-refractivity contribution in [1.82, 2.24) is 0 Å². The third-order valence-electron chi connectivity index (χ3n) is 4.44. The van der Waals surface area contributed by atoms with E-state index in [0.717, 1.165) is 16.0 Å². The first-order chi connectivity index (χ1) is 13.9. The Hall–Kier alpha value is -3.63. The number of nitrogens with two attached hydrogens (primary N) is 1. The predicted octanol–water partition coefficient (Wildman–Crippen LogP) is 4.31. The number of nitriles is 1. The lowest BCUT2D eigenvalue weighted by molar-refractivity contribution is -0.114. The van der Waals surface area contributed by atoms with Gasteiger partial charge in [0.1, 0.15) is 11.1 Å². The number of nitrogens with one attached hydrogen (secondary N) is 2. The number of anilines is 3. The van der Waals surface area contributed by atoms with Crippen LogP contribution in [0.3, 0.4) is 0 Å². The van der Waals surface area contributed by atoms with E-state index in [-0.39, 0.29) is 11.8 Å². The van der Waals surface area contributed by atoms with E-state index in [1.807, 2.05) is 25.1 Å². The maximum Gasteiger partial charge on any atom is 0.255 e. The number of hydrogen-bond acceptors (Lipinski definition) is 5. The van der Waals surface area contributed by atoms with Crippen LogP contribution in [-0.4, -0.2) is 11.8 Å². The van der Waals surface area contributed by atoms with Gasteiger partial charge in [0.25, 0.3) is 5.91 Å². The van der Waals surface area contributed by atoms with Gasteiger partial charge in [-0.1, -0.05) is 24.3 Å². The van der Waals surface area contributed by atoms with E-state index in [9.17, 15) is 14.9 Å². The molecular weight excluding hydrogens is 384 g/mol. The summed E-state index contributed by atoms with van der Waals surface area (Å²) in [6.07, 6.45) is 0.609. The third-order valence-corrected chi connectivity index (χ3v) is 5.64. The van der Waals surface area contributed by atoms with Crippen LogP contribution in [-0.2, 0) is 11.2 Å². The Morgan fingerprint density at radius 2 is 1.79 bits per heavy atom. The van der Waals surface area contributed by atoms with Crippen LogP contribution in [0.2, 0.25) is 0 Å². The SMILES string of the molecule is CC(=O)Nc1sc(Cc2ccc(C(=O)Nc3ccccc3N)cc2)c(C)c1C#N. The summed E-state index contributed by atoms with van der Waals surface area (Å²) in [6, 6.07) is 16.5. The van der Waals surface area contributed by atoms with Crippen molar-refractivity contribution in [3.05, 3.63) is 75.7 Å². The van der Waals surface area contributed by atoms with Gasteiger partial charge in [0.05, 0.1) is 16.9 Å². The Morgan fingerprint density at radius 3 is 2.41 bits per heavy atom. The number of rotatable bonds is 5. The fourth-order valence-corrected chi connectivity index (χ4v) is 4.11. The molecule has 146 valence electrons. The lowest BCUT2D eigenvalue weighted by atomic mass is 10.0. The number of benzene rings is 2. The lowest BCUT2D eigenvalue weighted by Crippen LogP contribution is -2.13. The number of carbonyl (C=O) groups is 2. The van der Waals surface area contributed by atoms with Crippen molar-refractivity contribution in [3.8, 4) is 6.07 Å². The molecule has 0 aliphatic rings. The zero-order valence-electron chi connectivity index (χ0n) is 16.1. The molecule has 3 aromatic rings. The molecule has 0 aliphatic carbocycles. The van der Waals surface area contributed by atoms with Crippen LogP contribution < -0.4 is 16.4 Å². The number of hydrogen-bond donors (Lipinski definition) is 3. The second-order valence-corrected chi connectivity index (χ2v) is 7.67. The first-order valence-electron chi connectivity index (χ1n) is 8.93. The third kappa shape index (κ3) is 4.62. The smallest absolute Gasteiger partial charge is 0.255 e. The Morgan fingerprint density at radius 1 is 1.10 bits per heavy atom. The van der Waals surface area contributed by atoms with Crippen LogP contribution in [0.15, 0.2) is 48.5 Å². The highest BCUT2D eigenvalue weighted by Crippen LogP contribution is 2.34. The molecule has 3 rings (SSSR count). The molecule has 7 heteroatoms. The van der Waals surface area contributed by atoms with Crippen LogP contribution >= 0.6 is 11.3 Å². The quantitative estimate of drug-likeness (QED) is 0.551. The molecule has 0 saturated carbocycles. The van der Waals surface area contributed by atoms with E-state index >= 15 is 0 Å². The minimum Gasteiger partial charge on any atom is -0.397 e. The molecule has 0 spiro atoms. The summed E-state index contributed by atoms with van der Waals surface area (Å²) in [7, 11) is 0. The van der Waals surface area contributed by atoms with Crippen molar-refractivity contribution in [1.29, 1.82) is 5.26 Å². The summed E-state index contributed by atoms with van der Waals surface area (Å²) in [5.74, 6) is -0.440. The van der Waals surface area contributed by atoms with Crippen molar-refractivity contribution < 1.29 is 9.59 Å². The first kappa shape index (κ1) is 20.1. The summed E-state index contributed by atoms with van der Waals surface area (Å²) in [6.45, 7) is 3.30. The molecule has 0 aliphatic heterocycles. The Bertz CT molecular complexity index is 1110. The normalized spacial score (nSPS) is 10.2. The number of nitrogen functional groups attached to an aromatic ring is 1. The zero-order chi connectivity index (χ0) is 21.0. The standard InChI is InChI=1S/C22H20N4O2S/c1-13-17(12-23)22(25-14(2)27)29-20(13)11-15-7-9-16(10-8-15)21(28)26-19-6-4-3-5-18(19)24/h3-10H,11,24H2,1-2H3,(H,25,27)(H,26,28). The van der Waals surface area contributed by atoms with Crippen molar-refractivity contribution in [3.63, 3.8) is 0 Å². The van der Waals surface area contributed by atoms with E-state index in [1.54, 1.807) is 30.3 Å². The van der Waals surface area contributed by atoms with Crippen molar-refractivity contribution in [2.45, 2.75) is 20.3 Å². The highest BCUT2D eigenvalue weighted by Gasteiger charge is 2.16. The molecule has 0 bridgehead atoms. The highest BCUT2D eigenvalue weighted by molar-refractivity contribution is 7.16. The summed E-state index contributed by atoms with van der Waals surface area (Å²) < 4.78 is 0. The summed E-state index contributed by atoms with van der Waals surface area (Å²) in [5, 5.41) is 15.5. The van der Waals surface area contributed by atoms with Crippen molar-refractivity contribution in [2.24, 2.45) is 0 Å². The number of carbonyl (C=O) groups excluding carboxylic acids is 2. The molecule has 29 heavy (non-hydrogen) atoms. The fourth-order valence-electron chi connectivity index (χ4n) is 2.88. The summed E-state index contributed by atoms with van der Waals surface area (Å²) in [5.41, 5.74) is 9.84. The van der Waals surface area contributed by atoms with Gasteiger partial charge >= 0.3 is 0 Å². The second-order valence-electron chi connectivity index (χ2n) is 6.56. The summed E-state index contributed by atoms with van der Waals surface area (Å²) in [4.78, 5) is 24.8.